The van der Waals surface area contributed by atoms with E-state index in [9.17, 15) is 14.0 Å². The minimum absolute atomic E-state index is 0.0499. The number of H-pyrrole nitrogens is 1. The number of benzene rings is 1. The van der Waals surface area contributed by atoms with E-state index in [-0.39, 0.29) is 23.7 Å². The maximum atomic E-state index is 13.1. The summed E-state index contributed by atoms with van der Waals surface area (Å²) in [7, 11) is 0. The molecule has 2 amide bonds. The number of nitrogens with one attached hydrogen (secondary N) is 1. The molecule has 0 radical (unpaired) electrons. The van der Waals surface area contributed by atoms with Gasteiger partial charge in [-0.25, -0.2) is 4.39 Å². The van der Waals surface area contributed by atoms with E-state index in [1.165, 1.54) is 12.1 Å². The minimum Gasteiger partial charge on any atom is -0.339 e. The molecule has 3 fully saturated rings. The van der Waals surface area contributed by atoms with E-state index in [2.05, 4.69) is 15.1 Å². The van der Waals surface area contributed by atoms with E-state index in [4.69, 9.17) is 0 Å². The number of hydrogen-bond acceptors (Lipinski definition) is 3. The van der Waals surface area contributed by atoms with Gasteiger partial charge in [0.15, 0.2) is 0 Å². The highest BCUT2D eigenvalue weighted by Crippen LogP contribution is 2.38. The molecule has 0 spiro atoms. The lowest BCUT2D eigenvalue weighted by Crippen LogP contribution is -2.61. The smallest absolute Gasteiger partial charge is 0.271 e. The van der Waals surface area contributed by atoms with Gasteiger partial charge in [-0.3, -0.25) is 14.7 Å². The Kier molecular flexibility index (Phi) is 4.18. The van der Waals surface area contributed by atoms with Gasteiger partial charge >= 0.3 is 0 Å². The van der Waals surface area contributed by atoms with Crippen LogP contribution in [0.15, 0.2) is 30.3 Å². The number of hydrogen-bond donors (Lipinski definition) is 1. The molecule has 1 N–H and O–H groups in total. The first-order valence-corrected chi connectivity index (χ1v) is 9.98. The summed E-state index contributed by atoms with van der Waals surface area (Å²) in [6.45, 7) is 2.14. The van der Waals surface area contributed by atoms with Crippen LogP contribution in [0.4, 0.5) is 4.39 Å². The fourth-order valence-corrected chi connectivity index (χ4v) is 5.15. The van der Waals surface area contributed by atoms with Gasteiger partial charge in [0.1, 0.15) is 11.5 Å². The second kappa shape index (κ2) is 6.72. The second-order valence-electron chi connectivity index (χ2n) is 8.25. The number of aromatic nitrogens is 2. The van der Waals surface area contributed by atoms with E-state index in [0.29, 0.717) is 42.7 Å². The van der Waals surface area contributed by atoms with Gasteiger partial charge in [-0.1, -0.05) is 0 Å². The number of likely N-dealkylation sites (tertiary alicyclic amines) is 1. The number of nitrogens with zero attached hydrogens (tertiary/aromatic N) is 3. The summed E-state index contributed by atoms with van der Waals surface area (Å²) in [5, 5.41) is 7.08. The maximum absolute atomic E-state index is 13.1. The Hall–Kier alpha value is -2.70. The van der Waals surface area contributed by atoms with Gasteiger partial charge in [-0.15, -0.1) is 0 Å². The molecule has 2 aromatic rings. The van der Waals surface area contributed by atoms with Crippen LogP contribution >= 0.6 is 0 Å². The van der Waals surface area contributed by atoms with Crippen molar-refractivity contribution in [2.75, 3.05) is 19.6 Å². The Morgan fingerprint density at radius 1 is 1.18 bits per heavy atom. The van der Waals surface area contributed by atoms with E-state index in [1.54, 1.807) is 18.2 Å². The molecule has 0 saturated carbocycles. The number of amides is 2. The number of carbonyl (C=O) groups excluding carboxylic acids is 2. The maximum Gasteiger partial charge on any atom is 0.271 e. The van der Waals surface area contributed by atoms with Gasteiger partial charge in [0, 0.05) is 37.7 Å². The Morgan fingerprint density at radius 2 is 2.00 bits per heavy atom. The average molecular weight is 382 g/mol. The fraction of sp³-hybridized carbons (Fsp3) is 0.476. The molecule has 4 heterocycles. The molecule has 3 atom stereocenters. The van der Waals surface area contributed by atoms with Crippen molar-refractivity contribution in [3.8, 4) is 11.3 Å². The van der Waals surface area contributed by atoms with Crippen molar-refractivity contribution in [3.05, 3.63) is 41.8 Å². The lowest BCUT2D eigenvalue weighted by atomic mass is 9.76. The van der Waals surface area contributed by atoms with Crippen LogP contribution in [0, 0.1) is 17.7 Å². The van der Waals surface area contributed by atoms with Crippen molar-refractivity contribution in [1.29, 1.82) is 0 Å². The standard InChI is InChI=1S/C21H23FN4O2/c22-16-6-4-14(5-7-16)17-9-18(24-23-17)21(28)25-10-13-8-15(12-25)19-2-1-3-20(27)26(19)11-13/h4-7,9,13,15,19H,1-3,8,10-12H2,(H,23,24)/t13?,15?,19-/m1/s1. The van der Waals surface area contributed by atoms with Crippen LogP contribution in [0.1, 0.15) is 36.2 Å². The third-order valence-corrected chi connectivity index (χ3v) is 6.42. The molecule has 2 unspecified atom stereocenters. The number of rotatable bonds is 2. The molecule has 146 valence electrons. The molecule has 0 aliphatic carbocycles. The zero-order valence-electron chi connectivity index (χ0n) is 15.6. The van der Waals surface area contributed by atoms with Crippen molar-refractivity contribution in [2.45, 2.75) is 31.7 Å². The predicted octanol–water partition coefficient (Wildman–Crippen LogP) is 2.69. The third-order valence-electron chi connectivity index (χ3n) is 6.42. The average Bonchev–Trinajstić information content (AvgIpc) is 3.19. The Labute approximate surface area is 162 Å². The number of carbonyl (C=O) groups is 2. The van der Waals surface area contributed by atoms with Gasteiger partial charge in [0.25, 0.3) is 5.91 Å². The van der Waals surface area contributed by atoms with E-state index >= 15 is 0 Å². The van der Waals surface area contributed by atoms with Gasteiger partial charge in [0.2, 0.25) is 5.91 Å². The first kappa shape index (κ1) is 17.4. The van der Waals surface area contributed by atoms with Crippen molar-refractivity contribution in [2.24, 2.45) is 11.8 Å². The highest BCUT2D eigenvalue weighted by atomic mass is 19.1. The first-order chi connectivity index (χ1) is 13.6. The zero-order chi connectivity index (χ0) is 19.3. The molecule has 28 heavy (non-hydrogen) atoms. The molecule has 5 rings (SSSR count). The van der Waals surface area contributed by atoms with E-state index < -0.39 is 0 Å². The third kappa shape index (κ3) is 2.99. The van der Waals surface area contributed by atoms with Crippen molar-refractivity contribution in [1.82, 2.24) is 20.0 Å². The van der Waals surface area contributed by atoms with E-state index in [1.807, 2.05) is 4.90 Å². The molecule has 1 aromatic heterocycles. The quantitative estimate of drug-likeness (QED) is 0.868. The molecule has 3 aliphatic heterocycles. The Balaban J connectivity index is 1.33. The van der Waals surface area contributed by atoms with Gasteiger partial charge in [-0.05, 0) is 61.4 Å². The SMILES string of the molecule is O=C(c1cc(-c2ccc(F)cc2)n[nH]1)N1CC2CC(C1)[C@H]1CCCC(=O)N1C2. The van der Waals surface area contributed by atoms with Crippen LogP contribution in [0.2, 0.25) is 0 Å². The summed E-state index contributed by atoms with van der Waals surface area (Å²) in [6, 6.07) is 8.09. The normalized spacial score (nSPS) is 26.9. The second-order valence-corrected chi connectivity index (χ2v) is 8.25. The molecule has 1 aromatic carbocycles. The van der Waals surface area contributed by atoms with Crippen LogP contribution in [0.5, 0.6) is 0 Å². The zero-order valence-corrected chi connectivity index (χ0v) is 15.6. The Morgan fingerprint density at radius 3 is 2.82 bits per heavy atom. The number of aromatic amines is 1. The minimum atomic E-state index is -0.300. The summed E-state index contributed by atoms with van der Waals surface area (Å²) < 4.78 is 13.1. The van der Waals surface area contributed by atoms with Crippen molar-refractivity contribution < 1.29 is 14.0 Å². The van der Waals surface area contributed by atoms with Crippen LogP contribution in [-0.2, 0) is 4.79 Å². The monoisotopic (exact) mass is 382 g/mol. The summed E-state index contributed by atoms with van der Waals surface area (Å²) in [4.78, 5) is 29.3. The van der Waals surface area contributed by atoms with Crippen LogP contribution < -0.4 is 0 Å². The summed E-state index contributed by atoms with van der Waals surface area (Å²) >= 11 is 0. The lowest BCUT2D eigenvalue weighted by Gasteiger charge is -2.52. The van der Waals surface area contributed by atoms with Gasteiger partial charge < -0.3 is 9.80 Å². The highest BCUT2D eigenvalue weighted by molar-refractivity contribution is 5.93. The van der Waals surface area contributed by atoms with E-state index in [0.717, 1.165) is 31.4 Å². The summed E-state index contributed by atoms with van der Waals surface area (Å²) in [5.41, 5.74) is 1.85. The van der Waals surface area contributed by atoms with Crippen LogP contribution in [0.25, 0.3) is 11.3 Å². The van der Waals surface area contributed by atoms with Crippen LogP contribution in [-0.4, -0.2) is 57.5 Å². The van der Waals surface area contributed by atoms with Gasteiger partial charge in [0.05, 0.1) is 5.69 Å². The summed E-state index contributed by atoms with van der Waals surface area (Å²) in [5.74, 6) is 0.640. The number of fused-ring (bicyclic) bond motifs is 4. The fourth-order valence-electron chi connectivity index (χ4n) is 5.15. The molecular weight excluding hydrogens is 359 g/mol. The topological polar surface area (TPSA) is 69.3 Å². The molecule has 7 heteroatoms. The highest BCUT2D eigenvalue weighted by Gasteiger charge is 2.45. The Bertz CT molecular complexity index is 909. The molecule has 3 aliphatic rings. The largest absolute Gasteiger partial charge is 0.339 e. The first-order valence-electron chi connectivity index (χ1n) is 9.98. The van der Waals surface area contributed by atoms with Crippen LogP contribution in [0.3, 0.4) is 0 Å². The van der Waals surface area contributed by atoms with Crippen molar-refractivity contribution in [3.63, 3.8) is 0 Å². The molecule has 2 bridgehead atoms. The van der Waals surface area contributed by atoms with Gasteiger partial charge in [-0.2, -0.15) is 5.10 Å². The molecule has 6 nitrogen and oxygen atoms in total. The number of piperidine rings is 3. The predicted molar refractivity (Wildman–Crippen MR) is 101 cm³/mol. The molecule has 3 saturated heterocycles. The van der Waals surface area contributed by atoms with Crippen molar-refractivity contribution >= 4 is 11.8 Å². The lowest BCUT2D eigenvalue weighted by molar-refractivity contribution is -0.144. The molecular formula is C21H23FN4O2. The summed E-state index contributed by atoms with van der Waals surface area (Å²) in [6.07, 6.45) is 3.77. The number of halogens is 1.